The Bertz CT molecular complexity index is 1000. The fourth-order valence-corrected chi connectivity index (χ4v) is 4.15. The maximum atomic E-state index is 12.2. The number of halogens is 1. The van der Waals surface area contributed by atoms with E-state index in [1.807, 2.05) is 22.8 Å². The van der Waals surface area contributed by atoms with Crippen molar-refractivity contribution in [1.29, 1.82) is 0 Å². The Labute approximate surface area is 160 Å². The van der Waals surface area contributed by atoms with Gasteiger partial charge in [-0.25, -0.2) is 19.7 Å². The molecule has 1 saturated heterocycles. The first-order valence-corrected chi connectivity index (χ1v) is 9.28. The van der Waals surface area contributed by atoms with Crippen LogP contribution in [-0.4, -0.2) is 37.2 Å². The number of imidazole rings is 1. The summed E-state index contributed by atoms with van der Waals surface area (Å²) in [4.78, 5) is 24.7. The Balaban J connectivity index is 1.24. The molecule has 3 heterocycles. The van der Waals surface area contributed by atoms with E-state index in [1.54, 1.807) is 18.5 Å². The van der Waals surface area contributed by atoms with Crippen molar-refractivity contribution in [2.75, 3.05) is 0 Å². The summed E-state index contributed by atoms with van der Waals surface area (Å²) >= 11 is 6.07. The second kappa shape index (κ2) is 6.28. The van der Waals surface area contributed by atoms with Crippen molar-refractivity contribution in [2.45, 2.75) is 43.6 Å². The van der Waals surface area contributed by atoms with E-state index in [-0.39, 0.29) is 23.9 Å². The minimum Gasteiger partial charge on any atom is -0.459 e. The average Bonchev–Trinajstić information content (AvgIpc) is 3.27. The predicted molar refractivity (Wildman–Crippen MR) is 97.3 cm³/mol. The largest absolute Gasteiger partial charge is 0.459 e. The molecule has 1 aromatic carbocycles. The van der Waals surface area contributed by atoms with Crippen LogP contribution in [0.15, 0.2) is 43.0 Å². The van der Waals surface area contributed by atoms with Crippen LogP contribution in [0.4, 0.5) is 0 Å². The number of hydrogen-bond acceptors (Lipinski definition) is 6. The zero-order valence-corrected chi connectivity index (χ0v) is 15.2. The van der Waals surface area contributed by atoms with Gasteiger partial charge in [-0.05, 0) is 25.0 Å². The first-order chi connectivity index (χ1) is 13.1. The van der Waals surface area contributed by atoms with E-state index in [0.29, 0.717) is 34.7 Å². The number of esters is 1. The number of aromatic nitrogens is 4. The number of fused-ring (bicyclic) bond motifs is 1. The van der Waals surface area contributed by atoms with Crippen molar-refractivity contribution < 1.29 is 14.3 Å². The Morgan fingerprint density at radius 1 is 1.22 bits per heavy atom. The van der Waals surface area contributed by atoms with Gasteiger partial charge in [0.2, 0.25) is 0 Å². The molecule has 3 aromatic rings. The van der Waals surface area contributed by atoms with Crippen molar-refractivity contribution in [3.05, 3.63) is 53.7 Å². The molecule has 2 aromatic heterocycles. The van der Waals surface area contributed by atoms with Crippen molar-refractivity contribution >= 4 is 28.7 Å². The summed E-state index contributed by atoms with van der Waals surface area (Å²) in [6.07, 6.45) is 6.06. The molecule has 1 spiro atoms. The normalized spacial score (nSPS) is 27.0. The molecule has 8 heteroatoms. The number of hydrogen-bond donors (Lipinski definition) is 0. The summed E-state index contributed by atoms with van der Waals surface area (Å²) in [7, 11) is 0. The Morgan fingerprint density at radius 2 is 2.04 bits per heavy atom. The third-order valence-electron chi connectivity index (χ3n) is 5.34. The highest BCUT2D eigenvalue weighted by molar-refractivity contribution is 6.33. The van der Waals surface area contributed by atoms with Crippen molar-refractivity contribution in [2.24, 2.45) is 0 Å². The molecule has 0 amide bonds. The Kier molecular flexibility index (Phi) is 3.87. The van der Waals surface area contributed by atoms with E-state index >= 15 is 0 Å². The van der Waals surface area contributed by atoms with E-state index in [9.17, 15) is 4.79 Å². The van der Waals surface area contributed by atoms with Crippen LogP contribution >= 0.6 is 11.6 Å². The standard InChI is InChI=1S/C19H17ClN4O3/c20-16-15-17(22-10-21-16)24(11-23-15)14-6-7-19(27-14)8-13(9-19)26-18(25)12-4-2-1-3-5-12/h1-5,10-11,13-14H,6-9H2/t13?,14-,19?/m1/s1. The molecule has 0 unspecified atom stereocenters. The maximum absolute atomic E-state index is 12.2. The number of carbonyl (C=O) groups excluding carboxylic acids is 1. The summed E-state index contributed by atoms with van der Waals surface area (Å²) in [6.45, 7) is 0. The lowest BCUT2D eigenvalue weighted by atomic mass is 9.75. The molecule has 138 valence electrons. The molecule has 5 rings (SSSR count). The third-order valence-corrected chi connectivity index (χ3v) is 5.62. The van der Waals surface area contributed by atoms with Gasteiger partial charge in [0.15, 0.2) is 10.8 Å². The molecule has 0 N–H and O–H groups in total. The molecule has 2 fully saturated rings. The van der Waals surface area contributed by atoms with Gasteiger partial charge < -0.3 is 9.47 Å². The zero-order valence-electron chi connectivity index (χ0n) is 14.4. The lowest BCUT2D eigenvalue weighted by Crippen LogP contribution is -2.48. The van der Waals surface area contributed by atoms with Gasteiger partial charge in [0.1, 0.15) is 24.2 Å². The fraction of sp³-hybridized carbons (Fsp3) is 0.368. The molecular weight excluding hydrogens is 368 g/mol. The van der Waals surface area contributed by atoms with Gasteiger partial charge in [0, 0.05) is 12.8 Å². The topological polar surface area (TPSA) is 79.1 Å². The van der Waals surface area contributed by atoms with Crippen LogP contribution in [0.2, 0.25) is 5.15 Å². The lowest BCUT2D eigenvalue weighted by Gasteiger charge is -2.43. The molecular formula is C19H17ClN4O3. The second-order valence-electron chi connectivity index (χ2n) is 7.08. The van der Waals surface area contributed by atoms with E-state index in [4.69, 9.17) is 21.1 Å². The number of rotatable bonds is 3. The van der Waals surface area contributed by atoms with Gasteiger partial charge in [-0.2, -0.15) is 0 Å². The van der Waals surface area contributed by atoms with Crippen molar-refractivity contribution in [1.82, 2.24) is 19.5 Å². The van der Waals surface area contributed by atoms with E-state index in [1.165, 1.54) is 6.33 Å². The van der Waals surface area contributed by atoms with Crippen LogP contribution in [-0.2, 0) is 9.47 Å². The first-order valence-electron chi connectivity index (χ1n) is 8.90. The third kappa shape index (κ3) is 2.87. The monoisotopic (exact) mass is 384 g/mol. The van der Waals surface area contributed by atoms with E-state index < -0.39 is 0 Å². The zero-order chi connectivity index (χ0) is 18.4. The average molecular weight is 385 g/mol. The SMILES string of the molecule is O=C(OC1CC2(CC[C@H](n3cnc4c(Cl)ncnc43)O2)C1)c1ccccc1. The maximum Gasteiger partial charge on any atom is 0.338 e. The van der Waals surface area contributed by atoms with Crippen LogP contribution in [0, 0.1) is 0 Å². The second-order valence-corrected chi connectivity index (χ2v) is 7.44. The van der Waals surface area contributed by atoms with E-state index in [2.05, 4.69) is 15.0 Å². The van der Waals surface area contributed by atoms with Gasteiger partial charge in [0.05, 0.1) is 17.5 Å². The van der Waals surface area contributed by atoms with Crippen LogP contribution in [0.1, 0.15) is 42.3 Å². The molecule has 2 aliphatic rings. The highest BCUT2D eigenvalue weighted by atomic mass is 35.5. The van der Waals surface area contributed by atoms with Crippen molar-refractivity contribution in [3.8, 4) is 0 Å². The molecule has 1 saturated carbocycles. The highest BCUT2D eigenvalue weighted by Crippen LogP contribution is 2.50. The van der Waals surface area contributed by atoms with Gasteiger partial charge in [-0.3, -0.25) is 4.57 Å². The van der Waals surface area contributed by atoms with Crippen LogP contribution in [0.5, 0.6) is 0 Å². The quantitative estimate of drug-likeness (QED) is 0.507. The Hall–Kier alpha value is -2.51. The molecule has 0 bridgehead atoms. The first kappa shape index (κ1) is 16.6. The highest BCUT2D eigenvalue weighted by Gasteiger charge is 2.52. The summed E-state index contributed by atoms with van der Waals surface area (Å²) < 4.78 is 13.8. The molecule has 1 atom stereocenters. The molecule has 1 aliphatic carbocycles. The summed E-state index contributed by atoms with van der Waals surface area (Å²) in [6, 6.07) is 9.05. The number of benzene rings is 1. The summed E-state index contributed by atoms with van der Waals surface area (Å²) in [5.74, 6) is -0.281. The smallest absolute Gasteiger partial charge is 0.338 e. The number of carbonyl (C=O) groups is 1. The minimum absolute atomic E-state index is 0.104. The van der Waals surface area contributed by atoms with Crippen molar-refractivity contribution in [3.63, 3.8) is 0 Å². The summed E-state index contributed by atoms with van der Waals surface area (Å²) in [5.41, 5.74) is 1.58. The van der Waals surface area contributed by atoms with Crippen LogP contribution < -0.4 is 0 Å². The molecule has 0 radical (unpaired) electrons. The van der Waals surface area contributed by atoms with Gasteiger partial charge in [0.25, 0.3) is 0 Å². The van der Waals surface area contributed by atoms with Gasteiger partial charge >= 0.3 is 5.97 Å². The lowest BCUT2D eigenvalue weighted by molar-refractivity contribution is -0.162. The fourth-order valence-electron chi connectivity index (χ4n) is 3.97. The molecule has 7 nitrogen and oxygen atoms in total. The van der Waals surface area contributed by atoms with Crippen LogP contribution in [0.3, 0.4) is 0 Å². The van der Waals surface area contributed by atoms with Gasteiger partial charge in [-0.1, -0.05) is 29.8 Å². The van der Waals surface area contributed by atoms with Gasteiger partial charge in [-0.15, -0.1) is 0 Å². The number of ether oxygens (including phenoxy) is 2. The van der Waals surface area contributed by atoms with E-state index in [0.717, 1.165) is 12.8 Å². The number of nitrogens with zero attached hydrogens (tertiary/aromatic N) is 4. The summed E-state index contributed by atoms with van der Waals surface area (Å²) in [5, 5.41) is 0.336. The molecule has 27 heavy (non-hydrogen) atoms. The Morgan fingerprint density at radius 3 is 2.85 bits per heavy atom. The molecule has 1 aliphatic heterocycles. The minimum atomic E-state index is -0.281. The van der Waals surface area contributed by atoms with Crippen LogP contribution in [0.25, 0.3) is 11.2 Å². The predicted octanol–water partition coefficient (Wildman–Crippen LogP) is 3.55.